The van der Waals surface area contributed by atoms with Crippen LogP contribution in [0.2, 0.25) is 0 Å². The minimum Gasteiger partial charge on any atom is -0.484 e. The maximum Gasteiger partial charge on any atom is 0.427 e. The zero-order valence-corrected chi connectivity index (χ0v) is 21.3. The van der Waals surface area contributed by atoms with Crippen molar-refractivity contribution in [2.45, 2.75) is 56.5 Å². The number of ether oxygens (including phenoxy) is 2. The molecule has 2 amide bonds. The van der Waals surface area contributed by atoms with Gasteiger partial charge in [0, 0.05) is 12.6 Å². The number of hydrogen-bond donors (Lipinski definition) is 2. The Labute approximate surface area is 214 Å². The molecule has 0 spiro atoms. The summed E-state index contributed by atoms with van der Waals surface area (Å²) in [6, 6.07) is 4.87. The van der Waals surface area contributed by atoms with Crippen molar-refractivity contribution in [2.75, 3.05) is 16.2 Å². The highest BCUT2D eigenvalue weighted by molar-refractivity contribution is 7.92. The fraction of sp³-hybridized carbons (Fsp3) is 0.391. The van der Waals surface area contributed by atoms with Crippen molar-refractivity contribution in [1.29, 1.82) is 0 Å². The summed E-state index contributed by atoms with van der Waals surface area (Å²) in [5.74, 6) is -3.12. The van der Waals surface area contributed by atoms with Crippen LogP contribution in [0.5, 0.6) is 5.75 Å². The fourth-order valence-corrected chi connectivity index (χ4v) is 4.94. The molecular weight excluding hydrogens is 541 g/mol. The number of fused-ring (bicyclic) bond motifs is 1. The van der Waals surface area contributed by atoms with Gasteiger partial charge in [0.25, 0.3) is 10.0 Å². The van der Waals surface area contributed by atoms with Crippen LogP contribution in [0.4, 0.5) is 38.1 Å². The monoisotopic (exact) mass is 565 g/mol. The van der Waals surface area contributed by atoms with Gasteiger partial charge >= 0.3 is 12.3 Å². The van der Waals surface area contributed by atoms with Crippen LogP contribution in [0.25, 0.3) is 0 Å². The number of sulfonamides is 1. The van der Waals surface area contributed by atoms with Gasteiger partial charge < -0.3 is 14.8 Å². The van der Waals surface area contributed by atoms with Gasteiger partial charge in [-0.25, -0.2) is 22.0 Å². The van der Waals surface area contributed by atoms with E-state index in [1.54, 1.807) is 6.92 Å². The van der Waals surface area contributed by atoms with E-state index in [1.807, 2.05) is 0 Å². The molecule has 0 aromatic heterocycles. The molecule has 3 rings (SSSR count). The molecule has 0 saturated heterocycles. The van der Waals surface area contributed by atoms with Crippen LogP contribution in [0.3, 0.4) is 0 Å². The van der Waals surface area contributed by atoms with E-state index in [9.17, 15) is 40.0 Å². The topological polar surface area (TPSA) is 114 Å². The third-order valence-corrected chi connectivity index (χ3v) is 7.37. The molecule has 1 aliphatic rings. The standard InChI is InChI=1S/C23H24F5N3O6S/c1-12(29-13(2)32)20-11-31(38(34,35)15-6-7-16(24)17(25)10-15)18-9-14(5-8-19(18)36-20)30-21(33)37-22(3,4)23(26,27)28/h5-10,12,20H,11H2,1-4H3,(H,29,32)(H,30,33). The molecule has 2 aromatic carbocycles. The number of carbonyl (C=O) groups is 2. The Bertz CT molecular complexity index is 1350. The average molecular weight is 566 g/mol. The van der Waals surface area contributed by atoms with Crippen LogP contribution in [0.15, 0.2) is 41.3 Å². The first-order chi connectivity index (χ1) is 17.4. The highest BCUT2D eigenvalue weighted by Crippen LogP contribution is 2.40. The second kappa shape index (κ2) is 10.3. The molecule has 9 nitrogen and oxygen atoms in total. The molecule has 0 bridgehead atoms. The molecule has 0 fully saturated rings. The van der Waals surface area contributed by atoms with Gasteiger partial charge in [0.05, 0.1) is 23.2 Å². The number of amides is 2. The smallest absolute Gasteiger partial charge is 0.427 e. The normalized spacial score (nSPS) is 16.7. The van der Waals surface area contributed by atoms with Crippen molar-refractivity contribution in [3.63, 3.8) is 0 Å². The molecule has 0 radical (unpaired) electrons. The zero-order valence-electron chi connectivity index (χ0n) is 20.5. The van der Waals surface area contributed by atoms with E-state index < -0.39 is 69.0 Å². The van der Waals surface area contributed by atoms with Crippen LogP contribution < -0.4 is 19.7 Å². The number of rotatable bonds is 6. The molecule has 2 aromatic rings. The lowest BCUT2D eigenvalue weighted by Gasteiger charge is -2.38. The Morgan fingerprint density at radius 3 is 2.34 bits per heavy atom. The molecule has 2 N–H and O–H groups in total. The van der Waals surface area contributed by atoms with Crippen molar-refractivity contribution in [1.82, 2.24) is 5.32 Å². The van der Waals surface area contributed by atoms with E-state index in [0.717, 1.165) is 16.4 Å². The Morgan fingerprint density at radius 2 is 1.76 bits per heavy atom. The first-order valence-corrected chi connectivity index (χ1v) is 12.5. The summed E-state index contributed by atoms with van der Waals surface area (Å²) in [4.78, 5) is 23.1. The third kappa shape index (κ3) is 6.09. The van der Waals surface area contributed by atoms with Gasteiger partial charge in [-0.15, -0.1) is 0 Å². The summed E-state index contributed by atoms with van der Waals surface area (Å²) in [7, 11) is -4.56. The minimum atomic E-state index is -4.86. The Hall–Kier alpha value is -3.62. The van der Waals surface area contributed by atoms with Gasteiger partial charge in [-0.05, 0) is 57.2 Å². The highest BCUT2D eigenvalue weighted by Gasteiger charge is 2.51. The minimum absolute atomic E-state index is 0.0286. The van der Waals surface area contributed by atoms with Crippen LogP contribution in [0.1, 0.15) is 27.7 Å². The lowest BCUT2D eigenvalue weighted by Crippen LogP contribution is -2.52. The van der Waals surface area contributed by atoms with Crippen molar-refractivity contribution < 1.29 is 49.4 Å². The summed E-state index contributed by atoms with van der Waals surface area (Å²) in [5, 5.41) is 4.69. The molecule has 2 unspecified atom stereocenters. The SMILES string of the molecule is CC(=O)NC(C)C1CN(S(=O)(=O)c2ccc(F)c(F)c2)c2cc(NC(=O)OC(C)(C)C(F)(F)F)ccc2O1. The predicted octanol–water partition coefficient (Wildman–Crippen LogP) is 4.34. The summed E-state index contributed by atoms with van der Waals surface area (Å²) < 4.78 is 105. The van der Waals surface area contributed by atoms with Crippen LogP contribution >= 0.6 is 0 Å². The summed E-state index contributed by atoms with van der Waals surface area (Å²) in [6.07, 6.45) is -7.25. The molecule has 0 saturated carbocycles. The van der Waals surface area contributed by atoms with Crippen molar-refractivity contribution in [3.8, 4) is 5.75 Å². The van der Waals surface area contributed by atoms with Crippen molar-refractivity contribution in [2.24, 2.45) is 0 Å². The zero-order chi connectivity index (χ0) is 28.6. The van der Waals surface area contributed by atoms with Crippen LogP contribution in [-0.2, 0) is 19.6 Å². The lowest BCUT2D eigenvalue weighted by atomic mass is 10.1. The first-order valence-electron chi connectivity index (χ1n) is 11.0. The Balaban J connectivity index is 2.01. The number of alkyl halides is 3. The first kappa shape index (κ1) is 28.9. The number of halogens is 5. The predicted molar refractivity (Wildman–Crippen MR) is 125 cm³/mol. The molecule has 1 heterocycles. The molecule has 0 aliphatic carbocycles. The molecule has 208 valence electrons. The maximum atomic E-state index is 13.9. The van der Waals surface area contributed by atoms with Gasteiger partial charge in [-0.3, -0.25) is 14.4 Å². The number of nitrogens with one attached hydrogen (secondary N) is 2. The van der Waals surface area contributed by atoms with Gasteiger partial charge in [-0.1, -0.05) is 0 Å². The molecule has 15 heteroatoms. The molecule has 2 atom stereocenters. The average Bonchev–Trinajstić information content (AvgIpc) is 2.78. The summed E-state index contributed by atoms with van der Waals surface area (Å²) >= 11 is 0. The van der Waals surface area contributed by atoms with E-state index in [1.165, 1.54) is 19.1 Å². The van der Waals surface area contributed by atoms with Crippen LogP contribution in [0, 0.1) is 11.6 Å². The van der Waals surface area contributed by atoms with Gasteiger partial charge in [-0.2, -0.15) is 13.2 Å². The Kier molecular flexibility index (Phi) is 7.82. The van der Waals surface area contributed by atoms with Gasteiger partial charge in [0.2, 0.25) is 11.5 Å². The van der Waals surface area contributed by atoms with E-state index in [-0.39, 0.29) is 17.1 Å². The number of anilines is 2. The maximum absolute atomic E-state index is 13.9. The van der Waals surface area contributed by atoms with E-state index in [0.29, 0.717) is 26.0 Å². The van der Waals surface area contributed by atoms with Gasteiger partial charge in [0.15, 0.2) is 11.6 Å². The summed E-state index contributed by atoms with van der Waals surface area (Å²) in [6.45, 7) is 3.72. The second-order valence-electron chi connectivity index (χ2n) is 8.96. The number of hydrogen-bond acceptors (Lipinski definition) is 6. The number of benzene rings is 2. The fourth-order valence-electron chi connectivity index (χ4n) is 3.45. The second-order valence-corrected chi connectivity index (χ2v) is 10.8. The quantitative estimate of drug-likeness (QED) is 0.504. The number of carbonyl (C=O) groups excluding carboxylic acids is 2. The molecule has 1 aliphatic heterocycles. The largest absolute Gasteiger partial charge is 0.484 e. The van der Waals surface area contributed by atoms with Crippen molar-refractivity contribution >= 4 is 33.4 Å². The molecule has 38 heavy (non-hydrogen) atoms. The van der Waals surface area contributed by atoms with Gasteiger partial charge in [0.1, 0.15) is 11.9 Å². The van der Waals surface area contributed by atoms with E-state index in [2.05, 4.69) is 15.4 Å². The third-order valence-electron chi connectivity index (χ3n) is 5.60. The summed E-state index contributed by atoms with van der Waals surface area (Å²) in [5.41, 5.74) is -3.12. The number of nitrogens with zero attached hydrogens (tertiary/aromatic N) is 1. The molecular formula is C23H24F5N3O6S. The van der Waals surface area contributed by atoms with E-state index >= 15 is 0 Å². The highest BCUT2D eigenvalue weighted by atomic mass is 32.2. The van der Waals surface area contributed by atoms with Crippen LogP contribution in [-0.4, -0.2) is 50.9 Å². The Morgan fingerprint density at radius 1 is 1.11 bits per heavy atom. The van der Waals surface area contributed by atoms with Crippen molar-refractivity contribution in [3.05, 3.63) is 48.0 Å². The lowest BCUT2D eigenvalue weighted by molar-refractivity contribution is -0.242. The van der Waals surface area contributed by atoms with E-state index in [4.69, 9.17) is 4.74 Å².